The molecule has 0 fully saturated rings. The van der Waals surface area contributed by atoms with Gasteiger partial charge in [-0.2, -0.15) is 0 Å². The quantitative estimate of drug-likeness (QED) is 0.793. The number of hydrogen-bond acceptors (Lipinski definition) is 2. The van der Waals surface area contributed by atoms with Gasteiger partial charge in [-0.25, -0.2) is 4.39 Å². The lowest BCUT2D eigenvalue weighted by Gasteiger charge is -2.05. The maximum absolute atomic E-state index is 13.1. The maximum atomic E-state index is 13.1. The Kier molecular flexibility index (Phi) is 4.17. The van der Waals surface area contributed by atoms with Crippen LogP contribution in [-0.2, 0) is 6.42 Å². The van der Waals surface area contributed by atoms with Crippen molar-refractivity contribution >= 4 is 17.4 Å². The molecule has 2 nitrogen and oxygen atoms in total. The summed E-state index contributed by atoms with van der Waals surface area (Å²) in [6.07, 6.45) is 0.174. The second kappa shape index (κ2) is 5.85. The van der Waals surface area contributed by atoms with E-state index in [9.17, 15) is 9.18 Å². The second-order valence-corrected chi connectivity index (χ2v) is 4.48. The van der Waals surface area contributed by atoms with Crippen molar-refractivity contribution in [3.63, 3.8) is 0 Å². The van der Waals surface area contributed by atoms with Gasteiger partial charge < -0.3 is 4.74 Å². The number of halogens is 2. The fourth-order valence-electron chi connectivity index (χ4n) is 1.74. The third kappa shape index (κ3) is 3.32. The van der Waals surface area contributed by atoms with Crippen molar-refractivity contribution in [3.8, 4) is 5.75 Å². The molecule has 0 radical (unpaired) electrons. The van der Waals surface area contributed by atoms with E-state index < -0.39 is 5.82 Å². The first-order valence-electron chi connectivity index (χ1n) is 5.71. The topological polar surface area (TPSA) is 26.3 Å². The third-order valence-electron chi connectivity index (χ3n) is 2.75. The Morgan fingerprint density at radius 1 is 1.21 bits per heavy atom. The summed E-state index contributed by atoms with van der Waals surface area (Å²) >= 11 is 5.90. The first-order chi connectivity index (χ1) is 9.10. The van der Waals surface area contributed by atoms with Crippen molar-refractivity contribution < 1.29 is 13.9 Å². The van der Waals surface area contributed by atoms with Gasteiger partial charge in [0, 0.05) is 12.0 Å². The Morgan fingerprint density at radius 2 is 1.89 bits per heavy atom. The molecule has 0 saturated heterocycles. The third-order valence-corrected chi connectivity index (χ3v) is 3.08. The molecule has 0 aliphatic carbocycles. The van der Waals surface area contributed by atoms with Crippen LogP contribution in [0.4, 0.5) is 4.39 Å². The van der Waals surface area contributed by atoms with E-state index in [1.807, 2.05) is 0 Å². The molecule has 19 heavy (non-hydrogen) atoms. The Bertz CT molecular complexity index is 594. The molecule has 0 bridgehead atoms. The lowest BCUT2D eigenvalue weighted by Crippen LogP contribution is -2.05. The SMILES string of the molecule is COc1ccc(CC(=O)c2cc(F)ccc2Cl)cc1. The van der Waals surface area contributed by atoms with Gasteiger partial charge in [0.05, 0.1) is 12.1 Å². The first kappa shape index (κ1) is 13.6. The number of Topliss-reactive ketones (excluding diaryl/α,β-unsaturated/α-hetero) is 1. The van der Waals surface area contributed by atoms with E-state index in [0.717, 1.165) is 17.4 Å². The standard InChI is InChI=1S/C15H12ClFO2/c1-19-12-5-2-10(3-6-12)8-15(18)13-9-11(17)4-7-14(13)16/h2-7,9H,8H2,1H3. The monoisotopic (exact) mass is 278 g/mol. The molecule has 0 N–H and O–H groups in total. The number of benzene rings is 2. The van der Waals surface area contributed by atoms with E-state index in [1.54, 1.807) is 31.4 Å². The number of ketones is 1. The zero-order valence-electron chi connectivity index (χ0n) is 10.3. The van der Waals surface area contributed by atoms with Gasteiger partial charge in [0.25, 0.3) is 0 Å². The van der Waals surface area contributed by atoms with Crippen LogP contribution in [0.1, 0.15) is 15.9 Å². The van der Waals surface area contributed by atoms with E-state index in [1.165, 1.54) is 12.1 Å². The molecule has 0 aliphatic rings. The molecule has 0 amide bonds. The highest BCUT2D eigenvalue weighted by molar-refractivity contribution is 6.34. The summed E-state index contributed by atoms with van der Waals surface area (Å²) in [6.45, 7) is 0. The van der Waals surface area contributed by atoms with Crippen molar-refractivity contribution in [2.75, 3.05) is 7.11 Å². The Morgan fingerprint density at radius 3 is 2.53 bits per heavy atom. The van der Waals surface area contributed by atoms with Crippen LogP contribution in [0.25, 0.3) is 0 Å². The molecule has 0 atom stereocenters. The minimum absolute atomic E-state index is 0.174. The summed E-state index contributed by atoms with van der Waals surface area (Å²) < 4.78 is 18.2. The summed E-state index contributed by atoms with van der Waals surface area (Å²) in [7, 11) is 1.58. The van der Waals surface area contributed by atoms with Crippen molar-refractivity contribution in [2.24, 2.45) is 0 Å². The van der Waals surface area contributed by atoms with Crippen LogP contribution in [0.15, 0.2) is 42.5 Å². The molecule has 0 unspecified atom stereocenters. The molecular formula is C15H12ClFO2. The van der Waals surface area contributed by atoms with Crippen LogP contribution in [0, 0.1) is 5.82 Å². The lowest BCUT2D eigenvalue weighted by molar-refractivity contribution is 0.0992. The summed E-state index contributed by atoms with van der Waals surface area (Å²) in [6, 6.07) is 10.9. The van der Waals surface area contributed by atoms with Crippen LogP contribution in [0.3, 0.4) is 0 Å². The average molecular weight is 279 g/mol. The predicted octanol–water partition coefficient (Wildman–Crippen LogP) is 3.91. The summed E-state index contributed by atoms with van der Waals surface area (Å²) in [4.78, 5) is 12.1. The molecule has 0 heterocycles. The number of carbonyl (C=O) groups is 1. The second-order valence-electron chi connectivity index (χ2n) is 4.07. The van der Waals surface area contributed by atoms with Gasteiger partial charge >= 0.3 is 0 Å². The zero-order valence-corrected chi connectivity index (χ0v) is 11.1. The Labute approximate surface area is 115 Å². The van der Waals surface area contributed by atoms with Crippen molar-refractivity contribution in [2.45, 2.75) is 6.42 Å². The number of carbonyl (C=O) groups excluding carboxylic acids is 1. The van der Waals surface area contributed by atoms with Crippen LogP contribution < -0.4 is 4.74 Å². The molecule has 4 heteroatoms. The molecule has 0 aromatic heterocycles. The smallest absolute Gasteiger partial charge is 0.168 e. The van der Waals surface area contributed by atoms with Gasteiger partial charge in [-0.05, 0) is 35.9 Å². The molecule has 2 rings (SSSR count). The van der Waals surface area contributed by atoms with Crippen molar-refractivity contribution in [1.29, 1.82) is 0 Å². The maximum Gasteiger partial charge on any atom is 0.168 e. The fraction of sp³-hybridized carbons (Fsp3) is 0.133. The van der Waals surface area contributed by atoms with Crippen LogP contribution in [-0.4, -0.2) is 12.9 Å². The highest BCUT2D eigenvalue weighted by atomic mass is 35.5. The van der Waals surface area contributed by atoms with Crippen LogP contribution in [0.2, 0.25) is 5.02 Å². The predicted molar refractivity (Wildman–Crippen MR) is 72.4 cm³/mol. The lowest BCUT2D eigenvalue weighted by atomic mass is 10.0. The minimum atomic E-state index is -0.470. The van der Waals surface area contributed by atoms with Crippen molar-refractivity contribution in [3.05, 3.63) is 64.4 Å². The van der Waals surface area contributed by atoms with Gasteiger partial charge in [-0.1, -0.05) is 23.7 Å². The summed E-state index contributed by atoms with van der Waals surface area (Å²) in [5.41, 5.74) is 1.03. The number of ether oxygens (including phenoxy) is 1. The zero-order chi connectivity index (χ0) is 13.8. The first-order valence-corrected chi connectivity index (χ1v) is 6.09. The number of hydrogen-bond donors (Lipinski definition) is 0. The van der Waals surface area contributed by atoms with E-state index in [-0.39, 0.29) is 22.8 Å². The highest BCUT2D eigenvalue weighted by Crippen LogP contribution is 2.20. The molecule has 98 valence electrons. The normalized spacial score (nSPS) is 10.3. The van der Waals surface area contributed by atoms with E-state index >= 15 is 0 Å². The highest BCUT2D eigenvalue weighted by Gasteiger charge is 2.12. The molecule has 0 spiro atoms. The fourth-order valence-corrected chi connectivity index (χ4v) is 1.96. The van der Waals surface area contributed by atoms with Gasteiger partial charge in [0.2, 0.25) is 0 Å². The van der Waals surface area contributed by atoms with Gasteiger partial charge in [-0.15, -0.1) is 0 Å². The van der Waals surface area contributed by atoms with Crippen molar-refractivity contribution in [1.82, 2.24) is 0 Å². The van der Waals surface area contributed by atoms with E-state index in [2.05, 4.69) is 0 Å². The van der Waals surface area contributed by atoms with Crippen LogP contribution in [0.5, 0.6) is 5.75 Å². The summed E-state index contributed by atoms with van der Waals surface area (Å²) in [5, 5.41) is 0.264. The van der Waals surface area contributed by atoms with Gasteiger partial charge in [0.15, 0.2) is 5.78 Å². The Balaban J connectivity index is 2.18. The molecular weight excluding hydrogens is 267 g/mol. The van der Waals surface area contributed by atoms with Gasteiger partial charge in [0.1, 0.15) is 11.6 Å². The summed E-state index contributed by atoms with van der Waals surface area (Å²) in [5.74, 6) is 0.0390. The minimum Gasteiger partial charge on any atom is -0.497 e. The molecule has 2 aromatic rings. The number of rotatable bonds is 4. The molecule has 2 aromatic carbocycles. The molecule has 0 aliphatic heterocycles. The largest absolute Gasteiger partial charge is 0.497 e. The average Bonchev–Trinajstić information content (AvgIpc) is 2.42. The van der Waals surface area contributed by atoms with E-state index in [0.29, 0.717) is 0 Å². The molecule has 0 saturated carbocycles. The van der Waals surface area contributed by atoms with E-state index in [4.69, 9.17) is 16.3 Å². The van der Waals surface area contributed by atoms with Gasteiger partial charge in [-0.3, -0.25) is 4.79 Å². The Hall–Kier alpha value is -1.87. The number of methoxy groups -OCH3 is 1. The van der Waals surface area contributed by atoms with Crippen LogP contribution >= 0.6 is 11.6 Å².